The third-order valence-electron chi connectivity index (χ3n) is 1.92. The van der Waals surface area contributed by atoms with Crippen molar-refractivity contribution < 1.29 is 0 Å². The first-order valence-corrected chi connectivity index (χ1v) is 3.56. The van der Waals surface area contributed by atoms with Crippen LogP contribution >= 0.6 is 0 Å². The van der Waals surface area contributed by atoms with Gasteiger partial charge in [0.25, 0.3) is 0 Å². The Hall–Kier alpha value is -0.890. The molecule has 0 radical (unpaired) electrons. The second-order valence-electron chi connectivity index (χ2n) is 2.62. The molecule has 1 N–H and O–H groups in total. The van der Waals surface area contributed by atoms with Crippen LogP contribution in [0.3, 0.4) is 0 Å². The average Bonchev–Trinajstić information content (AvgIpc) is 2.08. The van der Waals surface area contributed by atoms with Crippen LogP contribution in [-0.4, -0.2) is 18.4 Å². The summed E-state index contributed by atoms with van der Waals surface area (Å²) in [5, 5.41) is 3.28. The summed E-state index contributed by atoms with van der Waals surface area (Å²) in [6, 6.07) is 0. The molecule has 2 aliphatic heterocycles. The van der Waals surface area contributed by atoms with Crippen molar-refractivity contribution in [3.8, 4) is 0 Å². The normalized spacial score (nSPS) is 36.0. The second kappa shape index (κ2) is 2.06. The molecule has 0 amide bonds. The maximum absolute atomic E-state index is 4.35. The molecule has 1 spiro atoms. The summed E-state index contributed by atoms with van der Waals surface area (Å²) in [6.45, 7) is 1.08. The lowest BCUT2D eigenvalue weighted by Gasteiger charge is -2.36. The van der Waals surface area contributed by atoms with Gasteiger partial charge in [0.2, 0.25) is 0 Å². The minimum absolute atomic E-state index is 0.0382. The van der Waals surface area contributed by atoms with Crippen LogP contribution in [0.2, 0.25) is 0 Å². The molecule has 2 heterocycles. The van der Waals surface area contributed by atoms with Gasteiger partial charge in [0.05, 0.1) is 0 Å². The Morgan fingerprint density at radius 2 is 2.20 bits per heavy atom. The van der Waals surface area contributed by atoms with Gasteiger partial charge < -0.3 is 0 Å². The number of aliphatic imine (C=N–C) groups is 1. The molecular weight excluding hydrogens is 124 g/mol. The van der Waals surface area contributed by atoms with Gasteiger partial charge in [0.1, 0.15) is 5.66 Å². The number of rotatable bonds is 0. The monoisotopic (exact) mass is 134 g/mol. The van der Waals surface area contributed by atoms with Crippen molar-refractivity contribution in [1.29, 1.82) is 0 Å². The van der Waals surface area contributed by atoms with E-state index in [2.05, 4.69) is 16.4 Å². The van der Waals surface area contributed by atoms with Gasteiger partial charge in [-0.05, 0) is 12.2 Å². The molecule has 0 bridgehead atoms. The molecule has 1 unspecified atom stereocenters. The lowest BCUT2D eigenvalue weighted by Crippen LogP contribution is -2.53. The molecule has 0 aromatic heterocycles. The molecule has 1 saturated heterocycles. The Labute approximate surface area is 60.3 Å². The molecule has 0 aliphatic carbocycles. The Morgan fingerprint density at radius 1 is 1.30 bits per heavy atom. The quantitative estimate of drug-likeness (QED) is 0.522. The Kier molecular flexibility index (Phi) is 1.21. The standard InChI is InChI=1S/C8H10N2/c1-2-4-8(5-7-10-8)9-6-3-1/h1-4,6,10H,5,7H2. The Balaban J connectivity index is 2.23. The van der Waals surface area contributed by atoms with Crippen LogP contribution in [0.5, 0.6) is 0 Å². The summed E-state index contributed by atoms with van der Waals surface area (Å²) in [4.78, 5) is 4.35. The largest absolute Gasteiger partial charge is 0.290 e. The molecule has 0 aromatic rings. The first-order valence-electron chi connectivity index (χ1n) is 3.56. The Bertz CT molecular complexity index is 191. The fourth-order valence-electron chi connectivity index (χ4n) is 1.18. The summed E-state index contributed by atoms with van der Waals surface area (Å²) in [5.74, 6) is 0. The molecule has 52 valence electrons. The maximum atomic E-state index is 4.35. The van der Waals surface area contributed by atoms with Crippen LogP contribution in [0.4, 0.5) is 0 Å². The molecule has 2 nitrogen and oxygen atoms in total. The highest BCUT2D eigenvalue weighted by molar-refractivity contribution is 5.73. The number of allylic oxidation sites excluding steroid dienone is 3. The summed E-state index contributed by atoms with van der Waals surface area (Å²) in [6.07, 6.45) is 11.1. The highest BCUT2D eigenvalue weighted by atomic mass is 15.2. The van der Waals surface area contributed by atoms with E-state index in [1.165, 1.54) is 0 Å². The number of nitrogens with one attached hydrogen (secondary N) is 1. The van der Waals surface area contributed by atoms with Crippen LogP contribution in [0.25, 0.3) is 0 Å². The van der Waals surface area contributed by atoms with E-state index in [4.69, 9.17) is 0 Å². The van der Waals surface area contributed by atoms with Crippen molar-refractivity contribution >= 4 is 6.21 Å². The van der Waals surface area contributed by atoms with Gasteiger partial charge in [0, 0.05) is 19.2 Å². The van der Waals surface area contributed by atoms with E-state index in [0.29, 0.717) is 0 Å². The predicted octanol–water partition coefficient (Wildman–Crippen LogP) is 0.873. The molecule has 0 aromatic carbocycles. The van der Waals surface area contributed by atoms with Crippen molar-refractivity contribution in [3.05, 3.63) is 24.3 Å². The van der Waals surface area contributed by atoms with Gasteiger partial charge in [-0.3, -0.25) is 10.3 Å². The summed E-state index contributed by atoms with van der Waals surface area (Å²) in [5.41, 5.74) is -0.0382. The number of hydrogen-bond acceptors (Lipinski definition) is 2. The van der Waals surface area contributed by atoms with Crippen LogP contribution < -0.4 is 5.32 Å². The highest BCUT2D eigenvalue weighted by Gasteiger charge is 2.32. The number of nitrogens with zero attached hydrogens (tertiary/aromatic N) is 1. The van der Waals surface area contributed by atoms with E-state index in [9.17, 15) is 0 Å². The van der Waals surface area contributed by atoms with Gasteiger partial charge >= 0.3 is 0 Å². The van der Waals surface area contributed by atoms with Crippen LogP contribution in [0.1, 0.15) is 6.42 Å². The van der Waals surface area contributed by atoms with Gasteiger partial charge in [-0.2, -0.15) is 0 Å². The Morgan fingerprint density at radius 3 is 2.90 bits per heavy atom. The molecule has 2 rings (SSSR count). The fourth-order valence-corrected chi connectivity index (χ4v) is 1.18. The summed E-state index contributed by atoms with van der Waals surface area (Å²) < 4.78 is 0. The average molecular weight is 134 g/mol. The molecule has 1 fully saturated rings. The van der Waals surface area contributed by atoms with Crippen molar-refractivity contribution in [2.45, 2.75) is 12.1 Å². The van der Waals surface area contributed by atoms with Crippen molar-refractivity contribution in [3.63, 3.8) is 0 Å². The molecular formula is C8H10N2. The van der Waals surface area contributed by atoms with Gasteiger partial charge in [0.15, 0.2) is 0 Å². The molecule has 2 heteroatoms. The SMILES string of the molecule is C1=CC=NC2(C=C1)CCN2. The first-order chi connectivity index (χ1) is 4.91. The highest BCUT2D eigenvalue weighted by Crippen LogP contribution is 2.22. The zero-order valence-corrected chi connectivity index (χ0v) is 5.75. The fraction of sp³-hybridized carbons (Fsp3) is 0.375. The minimum Gasteiger partial charge on any atom is -0.290 e. The van der Waals surface area contributed by atoms with E-state index < -0.39 is 0 Å². The van der Waals surface area contributed by atoms with Gasteiger partial charge in [-0.1, -0.05) is 12.2 Å². The lowest BCUT2D eigenvalue weighted by molar-refractivity contribution is 0.286. The van der Waals surface area contributed by atoms with Gasteiger partial charge in [-0.25, -0.2) is 0 Å². The van der Waals surface area contributed by atoms with Crippen molar-refractivity contribution in [2.24, 2.45) is 4.99 Å². The zero-order valence-electron chi connectivity index (χ0n) is 5.75. The predicted molar refractivity (Wildman–Crippen MR) is 42.1 cm³/mol. The summed E-state index contributed by atoms with van der Waals surface area (Å²) >= 11 is 0. The van der Waals surface area contributed by atoms with Crippen LogP contribution in [0, 0.1) is 0 Å². The lowest BCUT2D eigenvalue weighted by atomic mass is 9.99. The van der Waals surface area contributed by atoms with Crippen molar-refractivity contribution in [1.82, 2.24) is 5.32 Å². The smallest absolute Gasteiger partial charge is 0.130 e. The molecule has 10 heavy (non-hydrogen) atoms. The number of hydrogen-bond donors (Lipinski definition) is 1. The second-order valence-corrected chi connectivity index (χ2v) is 2.62. The molecule has 1 atom stereocenters. The van der Waals surface area contributed by atoms with E-state index in [0.717, 1.165) is 13.0 Å². The van der Waals surface area contributed by atoms with Crippen LogP contribution in [0.15, 0.2) is 29.3 Å². The topological polar surface area (TPSA) is 24.4 Å². The maximum Gasteiger partial charge on any atom is 0.130 e. The minimum atomic E-state index is -0.0382. The molecule has 2 aliphatic rings. The van der Waals surface area contributed by atoms with Gasteiger partial charge in [-0.15, -0.1) is 0 Å². The summed E-state index contributed by atoms with van der Waals surface area (Å²) in [7, 11) is 0. The zero-order chi connectivity index (χ0) is 6.86. The van der Waals surface area contributed by atoms with Crippen molar-refractivity contribution in [2.75, 3.05) is 6.54 Å². The first kappa shape index (κ1) is 5.86. The van der Waals surface area contributed by atoms with E-state index in [1.54, 1.807) is 0 Å². The third kappa shape index (κ3) is 0.809. The molecule has 0 saturated carbocycles. The van der Waals surface area contributed by atoms with E-state index in [1.807, 2.05) is 24.4 Å². The van der Waals surface area contributed by atoms with Crippen LogP contribution in [-0.2, 0) is 0 Å². The van der Waals surface area contributed by atoms with E-state index in [-0.39, 0.29) is 5.66 Å². The third-order valence-corrected chi connectivity index (χ3v) is 1.92. The van der Waals surface area contributed by atoms with E-state index >= 15 is 0 Å².